The molecule has 3 aromatic heterocycles. The number of nitro groups is 1. The first kappa shape index (κ1) is 32.6. The predicted molar refractivity (Wildman–Crippen MR) is 186 cm³/mol. The highest BCUT2D eigenvalue weighted by Gasteiger charge is 2.13. The van der Waals surface area contributed by atoms with E-state index in [1.807, 2.05) is 68.4 Å². The smallest absolute Gasteiger partial charge is 0.307 e. The summed E-state index contributed by atoms with van der Waals surface area (Å²) in [5.74, 6) is 1.50. The van der Waals surface area contributed by atoms with Gasteiger partial charge in [0.05, 0.1) is 11.1 Å². The molecule has 0 spiro atoms. The third-order valence-electron chi connectivity index (χ3n) is 8.09. The molecule has 11 heteroatoms. The number of hydrogen-bond donors (Lipinski definition) is 1. The van der Waals surface area contributed by atoms with Crippen LogP contribution in [0.15, 0.2) is 113 Å². The number of nitrogens with zero attached hydrogens (tertiary/aromatic N) is 4. The van der Waals surface area contributed by atoms with Crippen molar-refractivity contribution < 1.29 is 23.6 Å². The van der Waals surface area contributed by atoms with E-state index in [1.54, 1.807) is 30.5 Å². The maximum atomic E-state index is 12.7. The maximum absolute atomic E-state index is 12.7. The van der Waals surface area contributed by atoms with Crippen LogP contribution in [0.4, 0.5) is 5.69 Å². The molecule has 11 nitrogen and oxygen atoms in total. The summed E-state index contributed by atoms with van der Waals surface area (Å²) in [5, 5.41) is 15.2. The van der Waals surface area contributed by atoms with Crippen LogP contribution in [0.1, 0.15) is 50.2 Å². The van der Waals surface area contributed by atoms with Gasteiger partial charge in [0.2, 0.25) is 0 Å². The Kier molecular flexibility index (Phi) is 9.43. The average molecular weight is 658 g/mol. The number of non-ortho nitro benzene ring substituents is 1. The van der Waals surface area contributed by atoms with Gasteiger partial charge in [-0.2, -0.15) is 5.10 Å². The summed E-state index contributed by atoms with van der Waals surface area (Å²) in [5.41, 5.74) is 10.3. The highest BCUT2D eigenvalue weighted by atomic mass is 16.6. The molecule has 49 heavy (non-hydrogen) atoms. The number of ether oxygens (including phenoxy) is 2. The number of furan rings is 1. The number of hydrogen-bond acceptors (Lipinski definition) is 7. The fourth-order valence-corrected chi connectivity index (χ4v) is 5.65. The van der Waals surface area contributed by atoms with Crippen molar-refractivity contribution in [3.8, 4) is 22.9 Å². The molecule has 0 saturated heterocycles. The SMILES string of the molecule is Cc1ccc(C)n1-c1ccc(OCc2ccc(C(=O)N/N=C/c3cc(C)n(-c4ccc(OCc5cccc([N+](=O)[O-])c5)cc4)c3C)o2)cc1. The lowest BCUT2D eigenvalue weighted by Crippen LogP contribution is -2.16. The Balaban J connectivity index is 1.02. The van der Waals surface area contributed by atoms with Gasteiger partial charge in [0, 0.05) is 51.8 Å². The number of aromatic nitrogens is 2. The van der Waals surface area contributed by atoms with Gasteiger partial charge in [0.25, 0.3) is 5.69 Å². The normalized spacial score (nSPS) is 11.2. The van der Waals surface area contributed by atoms with Crippen molar-refractivity contribution in [3.05, 3.63) is 159 Å². The third kappa shape index (κ3) is 7.46. The van der Waals surface area contributed by atoms with Crippen LogP contribution in [-0.4, -0.2) is 26.2 Å². The highest BCUT2D eigenvalue weighted by Crippen LogP contribution is 2.24. The molecule has 0 bridgehead atoms. The number of aryl methyl sites for hydroxylation is 3. The molecule has 6 aromatic rings. The number of carbonyl (C=O) groups excluding carboxylic acids is 1. The molecule has 0 fully saturated rings. The van der Waals surface area contributed by atoms with Crippen LogP contribution in [0.3, 0.4) is 0 Å². The molecule has 0 aliphatic carbocycles. The number of nitrogens with one attached hydrogen (secondary N) is 1. The van der Waals surface area contributed by atoms with Gasteiger partial charge in [-0.25, -0.2) is 5.43 Å². The average Bonchev–Trinajstić information content (AvgIpc) is 3.80. The molecule has 3 aromatic carbocycles. The predicted octanol–water partition coefficient (Wildman–Crippen LogP) is 7.92. The first-order valence-electron chi connectivity index (χ1n) is 15.6. The summed E-state index contributed by atoms with van der Waals surface area (Å²) in [4.78, 5) is 23.3. The van der Waals surface area contributed by atoms with Gasteiger partial charge in [-0.05, 0) is 112 Å². The van der Waals surface area contributed by atoms with E-state index in [2.05, 4.69) is 45.6 Å². The van der Waals surface area contributed by atoms with Crippen LogP contribution in [-0.2, 0) is 13.2 Å². The summed E-state index contributed by atoms with van der Waals surface area (Å²) in [7, 11) is 0. The Morgan fingerprint density at radius 2 is 1.43 bits per heavy atom. The molecule has 0 aliphatic heterocycles. The number of hydrazone groups is 1. The van der Waals surface area contributed by atoms with Gasteiger partial charge in [-0.3, -0.25) is 14.9 Å². The molecule has 0 saturated carbocycles. The maximum Gasteiger partial charge on any atom is 0.307 e. The lowest BCUT2D eigenvalue weighted by atomic mass is 10.2. The van der Waals surface area contributed by atoms with Crippen molar-refractivity contribution in [2.75, 3.05) is 0 Å². The first-order chi connectivity index (χ1) is 23.7. The van der Waals surface area contributed by atoms with Crippen molar-refractivity contribution in [3.63, 3.8) is 0 Å². The van der Waals surface area contributed by atoms with Crippen LogP contribution < -0.4 is 14.9 Å². The van der Waals surface area contributed by atoms with E-state index in [0.717, 1.165) is 39.7 Å². The van der Waals surface area contributed by atoms with Crippen molar-refractivity contribution in [1.29, 1.82) is 0 Å². The van der Waals surface area contributed by atoms with Crippen LogP contribution >= 0.6 is 0 Å². The molecule has 0 radical (unpaired) electrons. The van der Waals surface area contributed by atoms with Gasteiger partial charge >= 0.3 is 5.91 Å². The second kappa shape index (κ2) is 14.2. The quantitative estimate of drug-likeness (QED) is 0.0810. The minimum absolute atomic E-state index is 0.0295. The van der Waals surface area contributed by atoms with Gasteiger partial charge in [-0.1, -0.05) is 12.1 Å². The zero-order valence-corrected chi connectivity index (χ0v) is 27.5. The topological polar surface area (TPSA) is 126 Å². The standard InChI is InChI=1S/C38H35N5O6/c1-25-8-9-26(2)41(25)31-10-14-35(15-11-31)48-24-36-18-19-37(49-36)38(44)40-39-22-30-20-27(3)42(28(30)4)32-12-16-34(17-13-32)47-23-29-6-5-7-33(21-29)43(45)46/h5-22H,23-24H2,1-4H3,(H,40,44)/b39-22+. The number of rotatable bonds is 12. The van der Waals surface area contributed by atoms with Crippen LogP contribution in [0.2, 0.25) is 0 Å². The second-order valence-electron chi connectivity index (χ2n) is 11.6. The lowest BCUT2D eigenvalue weighted by Gasteiger charge is -2.11. The molecule has 3 heterocycles. The summed E-state index contributed by atoms with van der Waals surface area (Å²) in [6.45, 7) is 8.49. The Morgan fingerprint density at radius 1 is 0.796 bits per heavy atom. The van der Waals surface area contributed by atoms with E-state index < -0.39 is 10.8 Å². The van der Waals surface area contributed by atoms with Gasteiger partial charge < -0.3 is 23.0 Å². The van der Waals surface area contributed by atoms with Crippen molar-refractivity contribution >= 4 is 17.8 Å². The minimum atomic E-state index is -0.473. The molecule has 6 rings (SSSR count). The molecule has 1 amide bonds. The molecule has 0 aliphatic rings. The van der Waals surface area contributed by atoms with E-state index >= 15 is 0 Å². The van der Waals surface area contributed by atoms with Crippen molar-refractivity contribution in [2.45, 2.75) is 40.9 Å². The monoisotopic (exact) mass is 657 g/mol. The molecule has 1 N–H and O–H groups in total. The lowest BCUT2D eigenvalue weighted by molar-refractivity contribution is -0.384. The summed E-state index contributed by atoms with van der Waals surface area (Å²) in [6.07, 6.45) is 1.60. The second-order valence-corrected chi connectivity index (χ2v) is 11.6. The molecule has 0 atom stereocenters. The van der Waals surface area contributed by atoms with E-state index in [9.17, 15) is 14.9 Å². The third-order valence-corrected chi connectivity index (χ3v) is 8.09. The number of carbonyl (C=O) groups is 1. The number of amides is 1. The Bertz CT molecular complexity index is 2120. The van der Waals surface area contributed by atoms with Crippen LogP contribution in [0, 0.1) is 37.8 Å². The first-order valence-corrected chi connectivity index (χ1v) is 15.6. The van der Waals surface area contributed by atoms with Crippen molar-refractivity contribution in [1.82, 2.24) is 14.6 Å². The zero-order chi connectivity index (χ0) is 34.5. The van der Waals surface area contributed by atoms with Crippen molar-refractivity contribution in [2.24, 2.45) is 5.10 Å². The summed E-state index contributed by atoms with van der Waals surface area (Å²) >= 11 is 0. The molecular formula is C38H35N5O6. The van der Waals surface area contributed by atoms with E-state index in [-0.39, 0.29) is 24.7 Å². The van der Waals surface area contributed by atoms with Gasteiger partial charge in [0.15, 0.2) is 5.76 Å². The van der Waals surface area contributed by atoms with E-state index in [0.29, 0.717) is 22.8 Å². The van der Waals surface area contributed by atoms with Crippen LogP contribution in [0.25, 0.3) is 11.4 Å². The fraction of sp³-hybridized carbons (Fsp3) is 0.158. The highest BCUT2D eigenvalue weighted by molar-refractivity contribution is 5.92. The minimum Gasteiger partial charge on any atom is -0.489 e. The number of benzene rings is 3. The fourth-order valence-electron chi connectivity index (χ4n) is 5.65. The van der Waals surface area contributed by atoms with Crippen LogP contribution in [0.5, 0.6) is 11.5 Å². The van der Waals surface area contributed by atoms with Gasteiger partial charge in [-0.15, -0.1) is 0 Å². The summed E-state index contributed by atoms with van der Waals surface area (Å²) < 4.78 is 21.7. The Hall–Kier alpha value is -6.36. The Morgan fingerprint density at radius 3 is 2.08 bits per heavy atom. The number of nitro benzene ring substituents is 1. The Labute approximate surface area is 283 Å². The molecule has 0 unspecified atom stereocenters. The zero-order valence-electron chi connectivity index (χ0n) is 27.5. The van der Waals surface area contributed by atoms with Gasteiger partial charge in [0.1, 0.15) is 30.5 Å². The largest absolute Gasteiger partial charge is 0.489 e. The molecule has 248 valence electrons. The van der Waals surface area contributed by atoms with E-state index in [4.69, 9.17) is 13.9 Å². The van der Waals surface area contributed by atoms with E-state index in [1.165, 1.54) is 12.1 Å². The summed E-state index contributed by atoms with van der Waals surface area (Å²) in [6, 6.07) is 31.2. The molecular weight excluding hydrogens is 622 g/mol.